The lowest BCUT2D eigenvalue weighted by Gasteiger charge is -2.42. The first-order chi connectivity index (χ1) is 13.7. The zero-order valence-corrected chi connectivity index (χ0v) is 19.0. The van der Waals surface area contributed by atoms with Crippen molar-refractivity contribution < 1.29 is 9.53 Å². The average molecular weight is 450 g/mol. The minimum atomic E-state index is 0.364. The standard InChI is InChI=1S/C24H36BrNO2/c1-2-19-15-16-23(22(25)18-19)28-17-9-14-24(27)26(20-10-5-3-6-11-20)21-12-7-4-8-13-21/h15-16,18,20-21H,2-14,17H2,1H3. The molecule has 0 aliphatic heterocycles. The van der Waals surface area contributed by atoms with E-state index in [-0.39, 0.29) is 0 Å². The van der Waals surface area contributed by atoms with Gasteiger partial charge in [-0.15, -0.1) is 0 Å². The van der Waals surface area contributed by atoms with Crippen molar-refractivity contribution in [3.05, 3.63) is 28.2 Å². The zero-order chi connectivity index (χ0) is 19.8. The molecule has 4 heteroatoms. The first-order valence-electron chi connectivity index (χ1n) is 11.4. The van der Waals surface area contributed by atoms with Gasteiger partial charge in [-0.25, -0.2) is 0 Å². The maximum atomic E-state index is 13.2. The number of hydrogen-bond donors (Lipinski definition) is 0. The summed E-state index contributed by atoms with van der Waals surface area (Å²) < 4.78 is 6.94. The van der Waals surface area contributed by atoms with Gasteiger partial charge in [-0.1, -0.05) is 51.5 Å². The number of aryl methyl sites for hydroxylation is 1. The van der Waals surface area contributed by atoms with E-state index in [0.29, 0.717) is 31.0 Å². The van der Waals surface area contributed by atoms with E-state index in [9.17, 15) is 4.79 Å². The summed E-state index contributed by atoms with van der Waals surface area (Å²) in [6, 6.07) is 7.23. The van der Waals surface area contributed by atoms with Gasteiger partial charge in [0, 0.05) is 18.5 Å². The quantitative estimate of drug-likeness (QED) is 0.414. The van der Waals surface area contributed by atoms with Crippen LogP contribution in [0.4, 0.5) is 0 Å². The van der Waals surface area contributed by atoms with Crippen LogP contribution in [0, 0.1) is 0 Å². The van der Waals surface area contributed by atoms with Crippen molar-refractivity contribution in [2.45, 2.75) is 102 Å². The summed E-state index contributed by atoms with van der Waals surface area (Å²) >= 11 is 3.60. The Morgan fingerprint density at radius 2 is 1.64 bits per heavy atom. The Bertz CT molecular complexity index is 603. The van der Waals surface area contributed by atoms with Crippen LogP contribution in [0.5, 0.6) is 5.75 Å². The summed E-state index contributed by atoms with van der Waals surface area (Å²) in [6.07, 6.45) is 15.0. The maximum absolute atomic E-state index is 13.2. The Labute approximate surface area is 179 Å². The molecule has 2 saturated carbocycles. The number of ether oxygens (including phenoxy) is 1. The molecule has 0 unspecified atom stereocenters. The number of carbonyl (C=O) groups excluding carboxylic acids is 1. The fourth-order valence-electron chi connectivity index (χ4n) is 4.84. The lowest BCUT2D eigenvalue weighted by molar-refractivity contribution is -0.138. The molecule has 0 heterocycles. The van der Waals surface area contributed by atoms with E-state index in [1.54, 1.807) is 0 Å². The number of rotatable bonds is 8. The molecule has 28 heavy (non-hydrogen) atoms. The highest BCUT2D eigenvalue weighted by Gasteiger charge is 2.31. The molecule has 3 nitrogen and oxygen atoms in total. The van der Waals surface area contributed by atoms with Crippen molar-refractivity contribution in [2.24, 2.45) is 0 Å². The van der Waals surface area contributed by atoms with Crippen LogP contribution >= 0.6 is 15.9 Å². The number of hydrogen-bond acceptors (Lipinski definition) is 2. The second-order valence-corrected chi connectivity index (χ2v) is 9.31. The fraction of sp³-hybridized carbons (Fsp3) is 0.708. The smallest absolute Gasteiger partial charge is 0.223 e. The third-order valence-electron chi connectivity index (χ3n) is 6.42. The molecule has 2 aliphatic rings. The van der Waals surface area contributed by atoms with Crippen LogP contribution in [0.25, 0.3) is 0 Å². The van der Waals surface area contributed by atoms with E-state index in [2.05, 4.69) is 39.9 Å². The molecule has 156 valence electrons. The lowest BCUT2D eigenvalue weighted by Crippen LogP contribution is -2.48. The van der Waals surface area contributed by atoms with E-state index in [0.717, 1.165) is 23.1 Å². The van der Waals surface area contributed by atoms with Gasteiger partial charge in [-0.05, 0) is 72.2 Å². The van der Waals surface area contributed by atoms with E-state index >= 15 is 0 Å². The van der Waals surface area contributed by atoms with E-state index in [1.807, 2.05) is 6.07 Å². The van der Waals surface area contributed by atoms with Gasteiger partial charge < -0.3 is 9.64 Å². The highest BCUT2D eigenvalue weighted by Crippen LogP contribution is 2.31. The van der Waals surface area contributed by atoms with E-state index in [1.165, 1.54) is 69.8 Å². The molecule has 0 bridgehead atoms. The minimum absolute atomic E-state index is 0.364. The van der Waals surface area contributed by atoms with Gasteiger partial charge in [0.05, 0.1) is 11.1 Å². The maximum Gasteiger partial charge on any atom is 0.223 e. The number of benzene rings is 1. The minimum Gasteiger partial charge on any atom is -0.492 e. The molecule has 0 aromatic heterocycles. The molecule has 2 aliphatic carbocycles. The van der Waals surface area contributed by atoms with Crippen LogP contribution in [-0.4, -0.2) is 29.5 Å². The third-order valence-corrected chi connectivity index (χ3v) is 7.04. The molecule has 0 spiro atoms. The first-order valence-corrected chi connectivity index (χ1v) is 12.2. The van der Waals surface area contributed by atoms with Crippen molar-refractivity contribution in [1.82, 2.24) is 4.90 Å². The van der Waals surface area contributed by atoms with Gasteiger partial charge in [0.1, 0.15) is 5.75 Å². The summed E-state index contributed by atoms with van der Waals surface area (Å²) in [5.74, 6) is 1.24. The molecule has 0 atom stereocenters. The summed E-state index contributed by atoms with van der Waals surface area (Å²) in [4.78, 5) is 15.5. The molecular weight excluding hydrogens is 414 g/mol. The Morgan fingerprint density at radius 3 is 2.18 bits per heavy atom. The molecule has 0 N–H and O–H groups in total. The van der Waals surface area contributed by atoms with Crippen molar-refractivity contribution >= 4 is 21.8 Å². The molecule has 3 rings (SSSR count). The van der Waals surface area contributed by atoms with E-state index in [4.69, 9.17) is 4.74 Å². The van der Waals surface area contributed by atoms with E-state index < -0.39 is 0 Å². The van der Waals surface area contributed by atoms with Gasteiger partial charge >= 0.3 is 0 Å². The van der Waals surface area contributed by atoms with Crippen molar-refractivity contribution in [2.75, 3.05) is 6.61 Å². The largest absolute Gasteiger partial charge is 0.492 e. The highest BCUT2D eigenvalue weighted by atomic mass is 79.9. The average Bonchev–Trinajstić information content (AvgIpc) is 2.74. The number of halogens is 1. The Morgan fingerprint density at radius 1 is 1.04 bits per heavy atom. The molecule has 0 radical (unpaired) electrons. The van der Waals surface area contributed by atoms with Gasteiger partial charge in [0.15, 0.2) is 0 Å². The summed E-state index contributed by atoms with van der Waals surface area (Å²) in [5.41, 5.74) is 1.30. The van der Waals surface area contributed by atoms with Crippen LogP contribution in [0.1, 0.15) is 89.5 Å². The van der Waals surface area contributed by atoms with Crippen LogP contribution in [-0.2, 0) is 11.2 Å². The molecule has 1 aromatic carbocycles. The van der Waals surface area contributed by atoms with Gasteiger partial charge in [-0.2, -0.15) is 0 Å². The van der Waals surface area contributed by atoms with Gasteiger partial charge in [0.2, 0.25) is 5.91 Å². The summed E-state index contributed by atoms with van der Waals surface area (Å²) in [6.45, 7) is 2.75. The van der Waals surface area contributed by atoms with Gasteiger partial charge in [0.25, 0.3) is 0 Å². The molecular formula is C24H36BrNO2. The van der Waals surface area contributed by atoms with Crippen molar-refractivity contribution in [1.29, 1.82) is 0 Å². The second-order valence-electron chi connectivity index (χ2n) is 8.46. The normalized spacial score (nSPS) is 18.8. The molecule has 1 aromatic rings. The third kappa shape index (κ3) is 5.98. The number of nitrogens with zero attached hydrogens (tertiary/aromatic N) is 1. The zero-order valence-electron chi connectivity index (χ0n) is 17.4. The highest BCUT2D eigenvalue weighted by molar-refractivity contribution is 9.10. The summed E-state index contributed by atoms with van der Waals surface area (Å²) in [7, 11) is 0. The molecule has 0 saturated heterocycles. The molecule has 1 amide bonds. The Kier molecular flexibility index (Phi) is 8.69. The predicted molar refractivity (Wildman–Crippen MR) is 119 cm³/mol. The Balaban J connectivity index is 1.51. The topological polar surface area (TPSA) is 29.5 Å². The van der Waals surface area contributed by atoms with Crippen molar-refractivity contribution in [3.63, 3.8) is 0 Å². The number of amides is 1. The predicted octanol–water partition coefficient (Wildman–Crippen LogP) is 6.66. The van der Waals surface area contributed by atoms with Crippen LogP contribution in [0.15, 0.2) is 22.7 Å². The van der Waals surface area contributed by atoms with Gasteiger partial charge in [-0.3, -0.25) is 4.79 Å². The SMILES string of the molecule is CCc1ccc(OCCCC(=O)N(C2CCCCC2)C2CCCCC2)c(Br)c1. The fourth-order valence-corrected chi connectivity index (χ4v) is 5.38. The number of carbonyl (C=O) groups is 1. The lowest BCUT2D eigenvalue weighted by atomic mass is 9.88. The first kappa shape index (κ1) is 21.7. The van der Waals surface area contributed by atoms with Crippen LogP contribution < -0.4 is 4.74 Å². The van der Waals surface area contributed by atoms with Crippen LogP contribution in [0.3, 0.4) is 0 Å². The Hall–Kier alpha value is -1.03. The monoisotopic (exact) mass is 449 g/mol. The second kappa shape index (κ2) is 11.2. The van der Waals surface area contributed by atoms with Crippen molar-refractivity contribution in [3.8, 4) is 5.75 Å². The summed E-state index contributed by atoms with van der Waals surface area (Å²) in [5, 5.41) is 0. The molecule has 2 fully saturated rings. The van der Waals surface area contributed by atoms with Crippen LogP contribution in [0.2, 0.25) is 0 Å².